The molecular weight excluding hydrogens is 348 g/mol. The van der Waals surface area contributed by atoms with Gasteiger partial charge in [0.15, 0.2) is 5.82 Å². The highest BCUT2D eigenvalue weighted by Gasteiger charge is 2.54. The fourth-order valence-corrected chi connectivity index (χ4v) is 7.01. The Morgan fingerprint density at radius 1 is 1.21 bits per heavy atom. The molecule has 0 bridgehead atoms. The minimum absolute atomic E-state index is 0.405. The van der Waals surface area contributed by atoms with E-state index in [1.165, 1.54) is 37.7 Å². The highest BCUT2D eigenvalue weighted by atomic mass is 16.3. The molecule has 3 aliphatic rings. The van der Waals surface area contributed by atoms with Crippen LogP contribution in [-0.4, -0.2) is 25.3 Å². The van der Waals surface area contributed by atoms with Crippen molar-refractivity contribution in [3.8, 4) is 5.75 Å². The summed E-state index contributed by atoms with van der Waals surface area (Å²) in [6, 6.07) is 4.40. The van der Waals surface area contributed by atoms with Crippen LogP contribution >= 0.6 is 0 Å². The number of phenols is 1. The summed E-state index contributed by atoms with van der Waals surface area (Å²) >= 11 is 0. The Morgan fingerprint density at radius 3 is 2.82 bits per heavy atom. The van der Waals surface area contributed by atoms with Crippen molar-refractivity contribution in [2.45, 2.75) is 71.1 Å². The summed E-state index contributed by atoms with van der Waals surface area (Å²) in [5, 5.41) is 23.1. The SMILES string of the molecule is CCc1cc2c(cc1O)CC[C@@H]1[C@@H]2CC[C@]2(C)[C@@H](Cc3nnn(C)n3)CC[C@@H]12. The maximum absolute atomic E-state index is 10.3. The van der Waals surface area contributed by atoms with Gasteiger partial charge in [-0.15, -0.1) is 10.2 Å². The average molecular weight is 381 g/mol. The van der Waals surface area contributed by atoms with Gasteiger partial charge >= 0.3 is 0 Å². The molecule has 2 saturated carbocycles. The Kier molecular flexibility index (Phi) is 4.25. The van der Waals surface area contributed by atoms with Crippen molar-refractivity contribution in [3.05, 3.63) is 34.6 Å². The average Bonchev–Trinajstić information content (AvgIpc) is 3.24. The molecule has 1 N–H and O–H groups in total. The summed E-state index contributed by atoms with van der Waals surface area (Å²) in [4.78, 5) is 1.58. The quantitative estimate of drug-likeness (QED) is 0.867. The molecule has 1 heterocycles. The number of benzene rings is 1. The molecule has 150 valence electrons. The van der Waals surface area contributed by atoms with E-state index < -0.39 is 0 Å². The summed E-state index contributed by atoms with van der Waals surface area (Å²) in [5.41, 5.74) is 4.47. The van der Waals surface area contributed by atoms with Crippen LogP contribution in [0.2, 0.25) is 0 Å². The normalized spacial score (nSPS) is 34.0. The number of hydrogen-bond acceptors (Lipinski definition) is 4. The number of phenolic OH excluding ortho intramolecular Hbond substituents is 1. The van der Waals surface area contributed by atoms with E-state index in [0.29, 0.717) is 23.0 Å². The molecule has 28 heavy (non-hydrogen) atoms. The van der Waals surface area contributed by atoms with Crippen LogP contribution in [0, 0.1) is 23.2 Å². The van der Waals surface area contributed by atoms with Gasteiger partial charge in [-0.2, -0.15) is 4.80 Å². The fraction of sp³-hybridized carbons (Fsp3) is 0.696. The number of fused-ring (bicyclic) bond motifs is 5. The molecule has 1 aromatic heterocycles. The molecule has 0 unspecified atom stereocenters. The van der Waals surface area contributed by atoms with Gasteiger partial charge in [0.05, 0.1) is 7.05 Å². The first kappa shape index (κ1) is 18.1. The topological polar surface area (TPSA) is 63.8 Å². The maximum atomic E-state index is 10.3. The first-order chi connectivity index (χ1) is 13.5. The highest BCUT2D eigenvalue weighted by Crippen LogP contribution is 2.63. The Labute approximate surface area is 167 Å². The largest absolute Gasteiger partial charge is 0.508 e. The van der Waals surface area contributed by atoms with Crippen LogP contribution < -0.4 is 0 Å². The van der Waals surface area contributed by atoms with E-state index in [1.807, 2.05) is 7.05 Å². The van der Waals surface area contributed by atoms with Gasteiger partial charge in [0.25, 0.3) is 0 Å². The fourth-order valence-electron chi connectivity index (χ4n) is 7.01. The second-order valence-corrected chi connectivity index (χ2v) is 9.67. The van der Waals surface area contributed by atoms with Crippen LogP contribution in [-0.2, 0) is 26.3 Å². The molecular formula is C23H32N4O. The molecule has 2 fully saturated rings. The van der Waals surface area contributed by atoms with Gasteiger partial charge in [-0.1, -0.05) is 19.9 Å². The zero-order valence-corrected chi connectivity index (χ0v) is 17.4. The van der Waals surface area contributed by atoms with Crippen molar-refractivity contribution in [1.29, 1.82) is 0 Å². The van der Waals surface area contributed by atoms with E-state index in [9.17, 15) is 5.11 Å². The number of tetrazole rings is 1. The van der Waals surface area contributed by atoms with Crippen molar-refractivity contribution in [2.75, 3.05) is 0 Å². The van der Waals surface area contributed by atoms with Crippen LogP contribution in [0.1, 0.15) is 74.4 Å². The van der Waals surface area contributed by atoms with Gasteiger partial charge in [0, 0.05) is 6.42 Å². The van der Waals surface area contributed by atoms with Crippen molar-refractivity contribution in [2.24, 2.45) is 30.2 Å². The van der Waals surface area contributed by atoms with Gasteiger partial charge in [-0.3, -0.25) is 0 Å². The number of nitrogens with zero attached hydrogens (tertiary/aromatic N) is 4. The molecule has 1 aromatic carbocycles. The monoisotopic (exact) mass is 380 g/mol. The Balaban J connectivity index is 1.42. The van der Waals surface area contributed by atoms with Gasteiger partial charge < -0.3 is 5.11 Å². The first-order valence-corrected chi connectivity index (χ1v) is 11.1. The van der Waals surface area contributed by atoms with Crippen molar-refractivity contribution >= 4 is 0 Å². The second-order valence-electron chi connectivity index (χ2n) is 9.67. The van der Waals surface area contributed by atoms with Crippen LogP contribution in [0.3, 0.4) is 0 Å². The minimum Gasteiger partial charge on any atom is -0.508 e. The zero-order chi connectivity index (χ0) is 19.5. The summed E-state index contributed by atoms with van der Waals surface area (Å²) in [6.07, 6.45) is 9.50. The summed E-state index contributed by atoms with van der Waals surface area (Å²) in [7, 11) is 1.85. The van der Waals surface area contributed by atoms with Gasteiger partial charge in [-0.05, 0) is 102 Å². The van der Waals surface area contributed by atoms with Crippen LogP contribution in [0.5, 0.6) is 5.75 Å². The summed E-state index contributed by atoms with van der Waals surface area (Å²) < 4.78 is 0. The third-order valence-electron chi connectivity index (χ3n) is 8.48. The molecule has 0 radical (unpaired) electrons. The van der Waals surface area contributed by atoms with Crippen LogP contribution in [0.25, 0.3) is 0 Å². The van der Waals surface area contributed by atoms with E-state index >= 15 is 0 Å². The Morgan fingerprint density at radius 2 is 2.07 bits per heavy atom. The second kappa shape index (κ2) is 6.57. The van der Waals surface area contributed by atoms with E-state index in [1.54, 1.807) is 10.4 Å². The predicted molar refractivity (Wildman–Crippen MR) is 108 cm³/mol. The summed E-state index contributed by atoms with van der Waals surface area (Å²) in [6.45, 7) is 4.69. The van der Waals surface area contributed by atoms with E-state index in [4.69, 9.17) is 0 Å². The lowest BCUT2D eigenvalue weighted by Crippen LogP contribution is -2.42. The minimum atomic E-state index is 0.405. The molecule has 0 aliphatic heterocycles. The third-order valence-corrected chi connectivity index (χ3v) is 8.48. The lowest BCUT2D eigenvalue weighted by atomic mass is 9.54. The smallest absolute Gasteiger partial charge is 0.175 e. The highest BCUT2D eigenvalue weighted by molar-refractivity contribution is 5.45. The van der Waals surface area contributed by atoms with Gasteiger partial charge in [-0.25, -0.2) is 0 Å². The molecule has 0 amide bonds. The van der Waals surface area contributed by atoms with E-state index in [2.05, 4.69) is 41.4 Å². The summed E-state index contributed by atoms with van der Waals surface area (Å²) in [5.74, 6) is 4.36. The number of aromatic hydroxyl groups is 1. The zero-order valence-electron chi connectivity index (χ0n) is 17.4. The molecule has 5 nitrogen and oxygen atoms in total. The van der Waals surface area contributed by atoms with Crippen molar-refractivity contribution in [3.63, 3.8) is 0 Å². The molecule has 5 atom stereocenters. The standard InChI is InChI=1S/C23H32N4O/c1-4-14-11-19-15(12-21(14)28)5-7-18-17(19)9-10-23(2)16(6-8-20(18)23)13-22-24-26-27(3)25-22/h11-12,16-18,20,28H,4-10,13H2,1-3H3/t16-,17+,18-,20+,23-/m1/s1. The van der Waals surface area contributed by atoms with Crippen LogP contribution in [0.4, 0.5) is 0 Å². The number of hydrogen-bond donors (Lipinski definition) is 1. The first-order valence-electron chi connectivity index (χ1n) is 11.1. The maximum Gasteiger partial charge on any atom is 0.175 e. The van der Waals surface area contributed by atoms with E-state index in [0.717, 1.165) is 42.5 Å². The molecule has 0 spiro atoms. The van der Waals surface area contributed by atoms with E-state index in [-0.39, 0.29) is 0 Å². The predicted octanol–water partition coefficient (Wildman–Crippen LogP) is 4.19. The molecule has 3 aliphatic carbocycles. The third kappa shape index (κ3) is 2.69. The van der Waals surface area contributed by atoms with Crippen molar-refractivity contribution in [1.82, 2.24) is 20.2 Å². The van der Waals surface area contributed by atoms with Crippen LogP contribution in [0.15, 0.2) is 12.1 Å². The number of aromatic nitrogens is 4. The molecule has 0 saturated heterocycles. The molecule has 5 heteroatoms. The van der Waals surface area contributed by atoms with Gasteiger partial charge in [0.2, 0.25) is 0 Å². The number of rotatable bonds is 3. The lowest BCUT2D eigenvalue weighted by molar-refractivity contribution is 0.0279. The number of aryl methyl sites for hydroxylation is 3. The lowest BCUT2D eigenvalue weighted by Gasteiger charge is -2.51. The molecule has 5 rings (SSSR count). The Bertz CT molecular complexity index is 891. The Hall–Kier alpha value is -1.91. The molecule has 2 aromatic rings. The van der Waals surface area contributed by atoms with Crippen molar-refractivity contribution < 1.29 is 5.11 Å². The van der Waals surface area contributed by atoms with Gasteiger partial charge in [0.1, 0.15) is 5.75 Å².